The van der Waals surface area contributed by atoms with Crippen LogP contribution in [0.3, 0.4) is 0 Å². The smallest absolute Gasteiger partial charge is 0.251 e. The molecule has 0 atom stereocenters. The van der Waals surface area contributed by atoms with E-state index in [1.807, 2.05) is 12.1 Å². The second-order valence-corrected chi connectivity index (χ2v) is 5.89. The van der Waals surface area contributed by atoms with Crippen molar-refractivity contribution in [3.63, 3.8) is 0 Å². The Balaban J connectivity index is 1.94. The summed E-state index contributed by atoms with van der Waals surface area (Å²) in [6.45, 7) is 2.48. The quantitative estimate of drug-likeness (QED) is 0.771. The summed E-state index contributed by atoms with van der Waals surface area (Å²) < 4.78 is 23.4. The van der Waals surface area contributed by atoms with Gasteiger partial charge in [0.05, 0.1) is 14.2 Å². The molecule has 0 bridgehead atoms. The van der Waals surface area contributed by atoms with Gasteiger partial charge >= 0.3 is 0 Å². The van der Waals surface area contributed by atoms with Crippen molar-refractivity contribution in [2.75, 3.05) is 27.3 Å². The van der Waals surface area contributed by atoms with Gasteiger partial charge in [0.2, 0.25) is 5.91 Å². The van der Waals surface area contributed by atoms with Crippen molar-refractivity contribution in [2.45, 2.75) is 13.5 Å². The molecule has 0 aliphatic carbocycles. The van der Waals surface area contributed by atoms with Gasteiger partial charge < -0.3 is 19.7 Å². The number of carbonyl (C=O) groups excluding carboxylic acids is 2. The van der Waals surface area contributed by atoms with Gasteiger partial charge in [0.1, 0.15) is 5.82 Å². The van der Waals surface area contributed by atoms with E-state index in [-0.39, 0.29) is 18.4 Å². The van der Waals surface area contributed by atoms with Gasteiger partial charge in [-0.15, -0.1) is 0 Å². The number of nitrogens with one attached hydrogen (secondary N) is 1. The lowest BCUT2D eigenvalue weighted by atomic mass is 10.2. The Morgan fingerprint density at radius 1 is 1.04 bits per heavy atom. The molecule has 0 saturated carbocycles. The van der Waals surface area contributed by atoms with Crippen LogP contribution in [0.2, 0.25) is 0 Å². The molecule has 0 unspecified atom stereocenters. The van der Waals surface area contributed by atoms with Crippen LogP contribution in [0.25, 0.3) is 0 Å². The second-order valence-electron chi connectivity index (χ2n) is 5.89. The van der Waals surface area contributed by atoms with Crippen molar-refractivity contribution < 1.29 is 23.5 Å². The molecule has 2 aromatic rings. The van der Waals surface area contributed by atoms with E-state index < -0.39 is 5.82 Å². The summed E-state index contributed by atoms with van der Waals surface area (Å²) in [5, 5.41) is 2.73. The zero-order valence-corrected chi connectivity index (χ0v) is 15.6. The van der Waals surface area contributed by atoms with Gasteiger partial charge in [-0.3, -0.25) is 9.59 Å². The molecular weight excluding hydrogens is 351 g/mol. The van der Waals surface area contributed by atoms with Gasteiger partial charge in [0.15, 0.2) is 11.5 Å². The van der Waals surface area contributed by atoms with Crippen LogP contribution in [0.5, 0.6) is 11.5 Å². The first-order valence-electron chi connectivity index (χ1n) is 8.44. The van der Waals surface area contributed by atoms with E-state index in [0.29, 0.717) is 30.2 Å². The fourth-order valence-electron chi connectivity index (χ4n) is 2.55. The number of carbonyl (C=O) groups is 2. The van der Waals surface area contributed by atoms with Crippen LogP contribution in [0.4, 0.5) is 4.39 Å². The molecule has 0 aromatic heterocycles. The lowest BCUT2D eigenvalue weighted by Gasteiger charge is -2.22. The summed E-state index contributed by atoms with van der Waals surface area (Å²) in [5.74, 6) is 0.375. The zero-order chi connectivity index (χ0) is 19.8. The summed E-state index contributed by atoms with van der Waals surface area (Å²) in [4.78, 5) is 25.6. The maximum Gasteiger partial charge on any atom is 0.251 e. The third kappa shape index (κ3) is 5.70. The van der Waals surface area contributed by atoms with Crippen molar-refractivity contribution in [3.05, 3.63) is 59.4 Å². The van der Waals surface area contributed by atoms with Gasteiger partial charge in [0.25, 0.3) is 5.91 Å². The van der Waals surface area contributed by atoms with Crippen LogP contribution >= 0.6 is 0 Å². The Kier molecular flexibility index (Phi) is 7.16. The summed E-state index contributed by atoms with van der Waals surface area (Å²) in [6, 6.07) is 10.7. The first-order valence-corrected chi connectivity index (χ1v) is 8.44. The molecule has 6 nitrogen and oxygen atoms in total. The van der Waals surface area contributed by atoms with Gasteiger partial charge in [-0.25, -0.2) is 4.39 Å². The molecule has 2 aromatic carbocycles. The third-order valence-electron chi connectivity index (χ3n) is 4.04. The van der Waals surface area contributed by atoms with E-state index in [2.05, 4.69) is 5.32 Å². The Labute approximate surface area is 157 Å². The topological polar surface area (TPSA) is 67.9 Å². The van der Waals surface area contributed by atoms with Crippen LogP contribution in [0, 0.1) is 5.82 Å². The minimum absolute atomic E-state index is 0.110. The van der Waals surface area contributed by atoms with E-state index in [9.17, 15) is 14.0 Å². The van der Waals surface area contributed by atoms with Crippen LogP contribution < -0.4 is 14.8 Å². The molecule has 0 radical (unpaired) electrons. The molecule has 0 saturated heterocycles. The molecule has 2 amide bonds. The molecule has 0 spiro atoms. The first kappa shape index (κ1) is 20.2. The molecule has 7 heteroatoms. The van der Waals surface area contributed by atoms with E-state index in [4.69, 9.17) is 9.47 Å². The number of ether oxygens (including phenoxy) is 2. The molecule has 0 aliphatic rings. The molecule has 0 aliphatic heterocycles. The van der Waals surface area contributed by atoms with Gasteiger partial charge in [-0.1, -0.05) is 6.07 Å². The second kappa shape index (κ2) is 9.56. The molecule has 1 N–H and O–H groups in total. The van der Waals surface area contributed by atoms with Gasteiger partial charge in [0, 0.05) is 32.1 Å². The SMILES string of the molecule is COc1ccc(CN(CCNC(=O)c2ccc(F)cc2)C(C)=O)cc1OC. The molecule has 2 rings (SSSR count). The molecule has 27 heavy (non-hydrogen) atoms. The largest absolute Gasteiger partial charge is 0.493 e. The summed E-state index contributed by atoms with van der Waals surface area (Å²) >= 11 is 0. The average molecular weight is 374 g/mol. The molecule has 0 fully saturated rings. The van der Waals surface area contributed by atoms with Gasteiger partial charge in [-0.05, 0) is 42.0 Å². The number of hydrogen-bond acceptors (Lipinski definition) is 4. The maximum absolute atomic E-state index is 12.9. The lowest BCUT2D eigenvalue weighted by molar-refractivity contribution is -0.129. The van der Waals surface area contributed by atoms with E-state index in [1.165, 1.54) is 31.2 Å². The molecule has 0 heterocycles. The number of amides is 2. The summed E-state index contributed by atoms with van der Waals surface area (Å²) in [6.07, 6.45) is 0. The lowest BCUT2D eigenvalue weighted by Crippen LogP contribution is -2.37. The van der Waals surface area contributed by atoms with Crippen molar-refractivity contribution in [2.24, 2.45) is 0 Å². The van der Waals surface area contributed by atoms with Crippen molar-refractivity contribution >= 4 is 11.8 Å². The highest BCUT2D eigenvalue weighted by Crippen LogP contribution is 2.28. The standard InChI is InChI=1S/C20H23FN2O4/c1-14(24)23(13-15-4-9-18(26-2)19(12-15)27-3)11-10-22-20(25)16-5-7-17(21)8-6-16/h4-9,12H,10-11,13H2,1-3H3,(H,22,25). The third-order valence-corrected chi connectivity index (χ3v) is 4.04. The zero-order valence-electron chi connectivity index (χ0n) is 15.6. The number of nitrogens with zero attached hydrogens (tertiary/aromatic N) is 1. The first-order chi connectivity index (χ1) is 12.9. The average Bonchev–Trinajstić information content (AvgIpc) is 2.67. The fourth-order valence-corrected chi connectivity index (χ4v) is 2.55. The predicted molar refractivity (Wildman–Crippen MR) is 99.4 cm³/mol. The van der Waals surface area contributed by atoms with Crippen LogP contribution in [0.15, 0.2) is 42.5 Å². The van der Waals surface area contributed by atoms with Crippen molar-refractivity contribution in [1.82, 2.24) is 10.2 Å². The van der Waals surface area contributed by atoms with Crippen LogP contribution in [0.1, 0.15) is 22.8 Å². The highest BCUT2D eigenvalue weighted by atomic mass is 19.1. The Bertz CT molecular complexity index is 793. The van der Waals surface area contributed by atoms with Gasteiger partial charge in [-0.2, -0.15) is 0 Å². The fraction of sp³-hybridized carbons (Fsp3) is 0.300. The summed E-state index contributed by atoms with van der Waals surface area (Å²) in [7, 11) is 3.11. The Hall–Kier alpha value is -3.09. The Morgan fingerprint density at radius 2 is 1.70 bits per heavy atom. The number of rotatable bonds is 8. The maximum atomic E-state index is 12.9. The normalized spacial score (nSPS) is 10.2. The van der Waals surface area contributed by atoms with Crippen molar-refractivity contribution in [3.8, 4) is 11.5 Å². The van der Waals surface area contributed by atoms with E-state index in [0.717, 1.165) is 5.56 Å². The monoisotopic (exact) mass is 374 g/mol. The highest BCUT2D eigenvalue weighted by molar-refractivity contribution is 5.94. The minimum Gasteiger partial charge on any atom is -0.493 e. The van der Waals surface area contributed by atoms with E-state index >= 15 is 0 Å². The Morgan fingerprint density at radius 3 is 2.30 bits per heavy atom. The predicted octanol–water partition coefficient (Wildman–Crippen LogP) is 2.62. The molecule has 144 valence electrons. The summed E-state index contributed by atoms with van der Waals surface area (Å²) in [5.41, 5.74) is 1.25. The number of benzene rings is 2. The van der Waals surface area contributed by atoms with E-state index in [1.54, 1.807) is 25.2 Å². The number of hydrogen-bond donors (Lipinski definition) is 1. The molecular formula is C20H23FN2O4. The number of methoxy groups -OCH3 is 2. The van der Waals surface area contributed by atoms with Crippen molar-refractivity contribution in [1.29, 1.82) is 0 Å². The minimum atomic E-state index is -0.399. The van der Waals surface area contributed by atoms with Crippen LogP contribution in [-0.2, 0) is 11.3 Å². The van der Waals surface area contributed by atoms with Crippen LogP contribution in [-0.4, -0.2) is 44.0 Å². The highest BCUT2D eigenvalue weighted by Gasteiger charge is 2.13. The number of halogens is 1.